The third kappa shape index (κ3) is 4.02. The van der Waals surface area contributed by atoms with Crippen LogP contribution in [-0.2, 0) is 9.59 Å². The van der Waals surface area contributed by atoms with E-state index in [4.69, 9.17) is 4.42 Å². The van der Waals surface area contributed by atoms with Crippen molar-refractivity contribution in [3.05, 3.63) is 53.6 Å². The van der Waals surface area contributed by atoms with Crippen molar-refractivity contribution in [1.82, 2.24) is 10.2 Å². The first kappa shape index (κ1) is 19.2. The molecular weight excluding hydrogens is 388 g/mol. The normalized spacial score (nSPS) is 14.3. The molecular formula is C21H20N4O3S. The number of aromatic nitrogens is 2. The summed E-state index contributed by atoms with van der Waals surface area (Å²) in [6.45, 7) is 5.77. The van der Waals surface area contributed by atoms with Crippen molar-refractivity contribution >= 4 is 35.0 Å². The molecule has 8 heteroatoms. The van der Waals surface area contributed by atoms with E-state index in [0.29, 0.717) is 22.5 Å². The lowest BCUT2D eigenvalue weighted by molar-refractivity contribution is -0.121. The molecule has 29 heavy (non-hydrogen) atoms. The number of aryl methyl sites for hydroxylation is 2. The summed E-state index contributed by atoms with van der Waals surface area (Å²) in [7, 11) is 0. The number of rotatable bonds is 4. The second-order valence-corrected chi connectivity index (χ2v) is 8.29. The molecule has 0 unspecified atom stereocenters. The van der Waals surface area contributed by atoms with E-state index in [1.165, 1.54) is 16.7 Å². The van der Waals surface area contributed by atoms with Crippen LogP contribution < -0.4 is 10.2 Å². The number of fused-ring (bicyclic) bond motifs is 1. The molecule has 1 N–H and O–H groups in total. The third-order valence-corrected chi connectivity index (χ3v) is 5.46. The molecule has 2 aromatic carbocycles. The molecule has 148 valence electrons. The monoisotopic (exact) mass is 408 g/mol. The van der Waals surface area contributed by atoms with Gasteiger partial charge in [0, 0.05) is 5.56 Å². The average Bonchev–Trinajstić information content (AvgIpc) is 3.14. The van der Waals surface area contributed by atoms with Crippen LogP contribution >= 0.6 is 11.8 Å². The summed E-state index contributed by atoms with van der Waals surface area (Å²) in [5, 5.41) is 10.8. The van der Waals surface area contributed by atoms with Crippen LogP contribution in [0.25, 0.3) is 11.5 Å². The van der Waals surface area contributed by atoms with Gasteiger partial charge in [-0.15, -0.1) is 10.2 Å². The number of hydrogen-bond donors (Lipinski definition) is 1. The van der Waals surface area contributed by atoms with E-state index in [9.17, 15) is 9.59 Å². The van der Waals surface area contributed by atoms with Gasteiger partial charge in [-0.05, 0) is 45.0 Å². The van der Waals surface area contributed by atoms with Crippen LogP contribution in [0.2, 0.25) is 0 Å². The number of thioether (sulfide) groups is 1. The molecule has 0 saturated heterocycles. The fraction of sp³-hybridized carbons (Fsp3) is 0.238. The van der Waals surface area contributed by atoms with E-state index in [-0.39, 0.29) is 18.4 Å². The Morgan fingerprint density at radius 3 is 2.66 bits per heavy atom. The molecule has 0 bridgehead atoms. The maximum atomic E-state index is 13.0. The number of carbonyl (C=O) groups excluding carboxylic acids is 2. The number of para-hydroxylation sites is 2. The SMILES string of the molecule is Cc1cc(C)cc(-c2nnc(S[C@@H](C)C(=O)N3CC(=O)Nc4ccccc43)o2)c1. The van der Waals surface area contributed by atoms with Crippen LogP contribution in [0.1, 0.15) is 18.1 Å². The standard InChI is InChI=1S/C21H20N4O3S/c1-12-8-13(2)10-15(9-12)19-23-24-21(28-19)29-14(3)20(27)25-11-18(26)22-16-6-4-5-7-17(16)25/h4-10,14H,11H2,1-3H3,(H,22,26)/t14-/m0/s1. The summed E-state index contributed by atoms with van der Waals surface area (Å²) in [4.78, 5) is 26.5. The van der Waals surface area contributed by atoms with Gasteiger partial charge in [0.15, 0.2) is 0 Å². The van der Waals surface area contributed by atoms with Crippen molar-refractivity contribution in [1.29, 1.82) is 0 Å². The molecule has 7 nitrogen and oxygen atoms in total. The summed E-state index contributed by atoms with van der Waals surface area (Å²) < 4.78 is 5.77. The summed E-state index contributed by atoms with van der Waals surface area (Å²) in [5.41, 5.74) is 4.38. The van der Waals surface area contributed by atoms with Crippen LogP contribution in [0, 0.1) is 13.8 Å². The van der Waals surface area contributed by atoms with E-state index in [2.05, 4.69) is 21.6 Å². The molecule has 2 amide bonds. The van der Waals surface area contributed by atoms with Crippen molar-refractivity contribution in [3.8, 4) is 11.5 Å². The van der Waals surface area contributed by atoms with Gasteiger partial charge < -0.3 is 9.73 Å². The highest BCUT2D eigenvalue weighted by molar-refractivity contribution is 8.00. The van der Waals surface area contributed by atoms with Gasteiger partial charge in [0.05, 0.1) is 16.6 Å². The van der Waals surface area contributed by atoms with Crippen LogP contribution in [0.5, 0.6) is 0 Å². The number of hydrogen-bond acceptors (Lipinski definition) is 6. The Balaban J connectivity index is 1.51. The lowest BCUT2D eigenvalue weighted by Gasteiger charge is -2.30. The quantitative estimate of drug-likeness (QED) is 0.660. The second kappa shape index (κ2) is 7.71. The fourth-order valence-corrected chi connectivity index (χ4v) is 4.07. The molecule has 0 fully saturated rings. The first-order valence-corrected chi connectivity index (χ1v) is 10.1. The molecule has 4 rings (SSSR count). The summed E-state index contributed by atoms with van der Waals surface area (Å²) in [6.07, 6.45) is 0. The van der Waals surface area contributed by atoms with Crippen molar-refractivity contribution < 1.29 is 14.0 Å². The number of carbonyl (C=O) groups is 2. The molecule has 2 heterocycles. The van der Waals surface area contributed by atoms with Gasteiger partial charge in [-0.1, -0.05) is 41.1 Å². The van der Waals surface area contributed by atoms with Gasteiger partial charge in [0.1, 0.15) is 6.54 Å². The smallest absolute Gasteiger partial charge is 0.277 e. The van der Waals surface area contributed by atoms with E-state index in [1.54, 1.807) is 13.0 Å². The highest BCUT2D eigenvalue weighted by Gasteiger charge is 2.31. The summed E-state index contributed by atoms with van der Waals surface area (Å²) >= 11 is 1.18. The van der Waals surface area contributed by atoms with Gasteiger partial charge in [0.25, 0.3) is 5.22 Å². The zero-order valence-electron chi connectivity index (χ0n) is 16.3. The Morgan fingerprint density at radius 1 is 1.17 bits per heavy atom. The van der Waals surface area contributed by atoms with Gasteiger partial charge in [-0.3, -0.25) is 14.5 Å². The Bertz CT molecular complexity index is 1070. The number of amides is 2. The van der Waals surface area contributed by atoms with Gasteiger partial charge >= 0.3 is 0 Å². The molecule has 1 aliphatic heterocycles. The molecule has 1 atom stereocenters. The van der Waals surface area contributed by atoms with Gasteiger partial charge in [-0.25, -0.2) is 0 Å². The third-order valence-electron chi connectivity index (χ3n) is 4.54. The fourth-order valence-electron chi connectivity index (χ4n) is 3.32. The summed E-state index contributed by atoms with van der Waals surface area (Å²) in [6, 6.07) is 13.3. The lowest BCUT2D eigenvalue weighted by atomic mass is 10.1. The number of anilines is 2. The second-order valence-electron chi connectivity index (χ2n) is 7.00. The van der Waals surface area contributed by atoms with Crippen LogP contribution in [0.15, 0.2) is 52.1 Å². The highest BCUT2D eigenvalue weighted by Crippen LogP contribution is 2.33. The topological polar surface area (TPSA) is 88.3 Å². The van der Waals surface area contributed by atoms with Gasteiger partial charge in [-0.2, -0.15) is 0 Å². The van der Waals surface area contributed by atoms with E-state index >= 15 is 0 Å². The largest absolute Gasteiger partial charge is 0.411 e. The van der Waals surface area contributed by atoms with E-state index in [1.807, 2.05) is 44.2 Å². The Morgan fingerprint density at radius 2 is 1.90 bits per heavy atom. The Labute approximate surface area is 172 Å². The highest BCUT2D eigenvalue weighted by atomic mass is 32.2. The average molecular weight is 408 g/mol. The van der Waals surface area contributed by atoms with Crippen LogP contribution in [-0.4, -0.2) is 33.8 Å². The predicted molar refractivity (Wildman–Crippen MR) is 112 cm³/mol. The molecule has 3 aromatic rings. The maximum Gasteiger partial charge on any atom is 0.277 e. The number of nitrogens with one attached hydrogen (secondary N) is 1. The minimum atomic E-state index is -0.499. The lowest BCUT2D eigenvalue weighted by Crippen LogP contribution is -2.45. The minimum absolute atomic E-state index is 0.0155. The van der Waals surface area contributed by atoms with Crippen molar-refractivity contribution in [2.75, 3.05) is 16.8 Å². The van der Waals surface area contributed by atoms with Crippen molar-refractivity contribution in [2.24, 2.45) is 0 Å². The number of benzene rings is 2. The van der Waals surface area contributed by atoms with E-state index in [0.717, 1.165) is 16.7 Å². The maximum absolute atomic E-state index is 13.0. The number of nitrogens with zero attached hydrogens (tertiary/aromatic N) is 3. The van der Waals surface area contributed by atoms with Gasteiger partial charge in [0.2, 0.25) is 17.7 Å². The zero-order chi connectivity index (χ0) is 20.5. The van der Waals surface area contributed by atoms with Crippen LogP contribution in [0.3, 0.4) is 0 Å². The Kier molecular flexibility index (Phi) is 5.10. The summed E-state index contributed by atoms with van der Waals surface area (Å²) in [5.74, 6) is 0.00855. The predicted octanol–water partition coefficient (Wildman–Crippen LogP) is 3.82. The molecule has 0 radical (unpaired) electrons. The van der Waals surface area contributed by atoms with Crippen molar-refractivity contribution in [3.63, 3.8) is 0 Å². The molecule has 0 spiro atoms. The molecule has 1 aromatic heterocycles. The zero-order valence-corrected chi connectivity index (χ0v) is 17.1. The van der Waals surface area contributed by atoms with E-state index < -0.39 is 5.25 Å². The first-order valence-electron chi connectivity index (χ1n) is 9.20. The van der Waals surface area contributed by atoms with Crippen LogP contribution in [0.4, 0.5) is 11.4 Å². The van der Waals surface area contributed by atoms with Crippen molar-refractivity contribution in [2.45, 2.75) is 31.2 Å². The molecule has 1 aliphatic rings. The Hall–Kier alpha value is -3.13. The first-order chi connectivity index (χ1) is 13.9. The minimum Gasteiger partial charge on any atom is -0.411 e. The molecule has 0 saturated carbocycles. The molecule has 0 aliphatic carbocycles.